The van der Waals surface area contributed by atoms with Crippen LogP contribution in [-0.4, -0.2) is 5.60 Å². The molecule has 0 aliphatic rings. The molecule has 0 unspecified atom stereocenters. The van der Waals surface area contributed by atoms with Crippen LogP contribution in [0.4, 0.5) is 0 Å². The van der Waals surface area contributed by atoms with E-state index in [0.717, 1.165) is 12.8 Å². The van der Waals surface area contributed by atoms with Crippen LogP contribution >= 0.6 is 0 Å². The van der Waals surface area contributed by atoms with Crippen molar-refractivity contribution in [1.29, 1.82) is 0 Å². The van der Waals surface area contributed by atoms with Crippen molar-refractivity contribution in [1.82, 2.24) is 0 Å². The molecule has 0 bridgehead atoms. The molecule has 1 nitrogen and oxygen atoms in total. The van der Waals surface area contributed by atoms with E-state index in [9.17, 15) is 0 Å². The molecule has 0 saturated carbocycles. The maximum absolute atomic E-state index is 4.93. The minimum Gasteiger partial charge on any atom is -0.193 e. The molecule has 0 spiro atoms. The smallest absolute Gasteiger partial charge is 0.193 e. The van der Waals surface area contributed by atoms with Gasteiger partial charge in [-0.2, -0.15) is 4.74 Å². The van der Waals surface area contributed by atoms with Gasteiger partial charge < -0.3 is 0 Å². The maximum Gasteiger partial charge on any atom is 0.214 e. The first-order valence-electron chi connectivity index (χ1n) is 3.05. The summed E-state index contributed by atoms with van der Waals surface area (Å²) in [6.07, 6.45) is 2.24. The van der Waals surface area contributed by atoms with Crippen LogP contribution in [0.1, 0.15) is 33.6 Å². The molecule has 0 radical (unpaired) electrons. The molecule has 0 heterocycles. The third kappa shape index (κ3) is 2.92. The van der Waals surface area contributed by atoms with E-state index < -0.39 is 0 Å². The fraction of sp³-hybridized carbons (Fsp3) is 0.857. The lowest BCUT2D eigenvalue weighted by molar-refractivity contribution is 0.0435. The Labute approximate surface area is 52.0 Å². The highest BCUT2D eigenvalue weighted by molar-refractivity contribution is 4.66. The van der Waals surface area contributed by atoms with Gasteiger partial charge in [-0.05, 0) is 20.3 Å². The van der Waals surface area contributed by atoms with Gasteiger partial charge in [0.2, 0.25) is 7.11 Å². The lowest BCUT2D eigenvalue weighted by Crippen LogP contribution is -2.20. The standard InChI is InChI=1S/C7H15O/c1-5-6-7(2,3)8-4/h4-6H2,1-3H3/q+1. The second-order valence-corrected chi connectivity index (χ2v) is 2.65. The van der Waals surface area contributed by atoms with Crippen molar-refractivity contribution in [2.45, 2.75) is 39.2 Å². The lowest BCUT2D eigenvalue weighted by atomic mass is 10.0. The highest BCUT2D eigenvalue weighted by Crippen LogP contribution is 2.14. The molecule has 0 aliphatic carbocycles. The average molecular weight is 115 g/mol. The van der Waals surface area contributed by atoms with Gasteiger partial charge in [-0.3, -0.25) is 0 Å². The van der Waals surface area contributed by atoms with Crippen molar-refractivity contribution in [3.8, 4) is 0 Å². The van der Waals surface area contributed by atoms with E-state index >= 15 is 0 Å². The van der Waals surface area contributed by atoms with Gasteiger partial charge in [0.1, 0.15) is 5.60 Å². The highest BCUT2D eigenvalue weighted by Gasteiger charge is 2.18. The van der Waals surface area contributed by atoms with Crippen LogP contribution < -0.4 is 0 Å². The molecule has 0 saturated heterocycles. The van der Waals surface area contributed by atoms with Crippen LogP contribution in [0.3, 0.4) is 0 Å². The van der Waals surface area contributed by atoms with Crippen LogP contribution in [0.15, 0.2) is 0 Å². The van der Waals surface area contributed by atoms with Crippen molar-refractivity contribution in [3.05, 3.63) is 7.11 Å². The zero-order chi connectivity index (χ0) is 6.62. The molecule has 0 atom stereocenters. The summed E-state index contributed by atoms with van der Waals surface area (Å²) in [6.45, 7) is 6.23. The predicted molar refractivity (Wildman–Crippen MR) is 35.4 cm³/mol. The van der Waals surface area contributed by atoms with Crippen molar-refractivity contribution >= 4 is 0 Å². The molecule has 0 aromatic heterocycles. The van der Waals surface area contributed by atoms with E-state index in [2.05, 4.69) is 14.0 Å². The number of ether oxygens (including phenoxy) is 1. The minimum atomic E-state index is -0.0191. The molecule has 0 rings (SSSR count). The Morgan fingerprint density at radius 2 is 2.00 bits per heavy atom. The number of hydrogen-bond donors (Lipinski definition) is 0. The monoisotopic (exact) mass is 115 g/mol. The Kier molecular flexibility index (Phi) is 2.91. The molecule has 1 heteroatoms. The average Bonchev–Trinajstić information content (AvgIpc) is 1.67. The van der Waals surface area contributed by atoms with E-state index in [0.29, 0.717) is 0 Å². The van der Waals surface area contributed by atoms with Gasteiger partial charge in [0.15, 0.2) is 0 Å². The molecule has 0 aromatic rings. The molecule has 0 fully saturated rings. The van der Waals surface area contributed by atoms with Crippen LogP contribution in [0.25, 0.3) is 0 Å². The zero-order valence-corrected chi connectivity index (χ0v) is 6.03. The molecule has 0 amide bonds. The van der Waals surface area contributed by atoms with Gasteiger partial charge >= 0.3 is 0 Å². The Hall–Kier alpha value is -0.170. The van der Waals surface area contributed by atoms with Gasteiger partial charge in [-0.25, -0.2) is 0 Å². The Balaban J connectivity index is 3.37. The zero-order valence-electron chi connectivity index (χ0n) is 6.03. The summed E-state index contributed by atoms with van der Waals surface area (Å²) in [5, 5.41) is 0. The quantitative estimate of drug-likeness (QED) is 0.513. The first-order chi connectivity index (χ1) is 3.62. The normalized spacial score (nSPS) is 11.9. The van der Waals surface area contributed by atoms with Crippen molar-refractivity contribution < 1.29 is 4.74 Å². The second kappa shape index (κ2) is 2.98. The predicted octanol–water partition coefficient (Wildman–Crippen LogP) is 2.37. The SMILES string of the molecule is [CH2+]OC(C)(C)CCC. The van der Waals surface area contributed by atoms with E-state index in [-0.39, 0.29) is 5.60 Å². The fourth-order valence-electron chi connectivity index (χ4n) is 0.674. The van der Waals surface area contributed by atoms with Gasteiger partial charge in [-0.15, -0.1) is 0 Å². The lowest BCUT2D eigenvalue weighted by Gasteiger charge is -2.15. The van der Waals surface area contributed by atoms with Crippen LogP contribution in [-0.2, 0) is 4.74 Å². The molecule has 0 aliphatic heterocycles. The molecule has 0 N–H and O–H groups in total. The molecule has 0 aromatic carbocycles. The summed E-state index contributed by atoms with van der Waals surface area (Å²) in [6, 6.07) is 0. The Bertz CT molecular complexity index is 57.4. The fourth-order valence-corrected chi connectivity index (χ4v) is 0.674. The molecular formula is C7H15O+. The van der Waals surface area contributed by atoms with Crippen molar-refractivity contribution in [3.63, 3.8) is 0 Å². The summed E-state index contributed by atoms with van der Waals surface area (Å²) >= 11 is 0. The first-order valence-corrected chi connectivity index (χ1v) is 3.05. The van der Waals surface area contributed by atoms with Gasteiger partial charge in [0, 0.05) is 0 Å². The van der Waals surface area contributed by atoms with E-state index in [1.165, 1.54) is 0 Å². The summed E-state index contributed by atoms with van der Waals surface area (Å²) in [4.78, 5) is 0. The Morgan fingerprint density at radius 3 is 2.12 bits per heavy atom. The van der Waals surface area contributed by atoms with Crippen molar-refractivity contribution in [2.75, 3.05) is 0 Å². The van der Waals surface area contributed by atoms with Gasteiger partial charge in [0.25, 0.3) is 0 Å². The second-order valence-electron chi connectivity index (χ2n) is 2.65. The largest absolute Gasteiger partial charge is 0.214 e. The topological polar surface area (TPSA) is 9.23 Å². The summed E-state index contributed by atoms with van der Waals surface area (Å²) < 4.78 is 4.93. The van der Waals surface area contributed by atoms with E-state index in [1.807, 2.05) is 13.8 Å². The first kappa shape index (κ1) is 7.83. The third-order valence-electron chi connectivity index (χ3n) is 1.24. The van der Waals surface area contributed by atoms with Crippen LogP contribution in [0.5, 0.6) is 0 Å². The number of hydrogen-bond acceptors (Lipinski definition) is 1. The summed E-state index contributed by atoms with van der Waals surface area (Å²) in [7, 11) is 3.38. The minimum absolute atomic E-state index is 0.0191. The Morgan fingerprint density at radius 1 is 1.50 bits per heavy atom. The highest BCUT2D eigenvalue weighted by atomic mass is 16.5. The van der Waals surface area contributed by atoms with Gasteiger partial charge in [0.05, 0.1) is 0 Å². The van der Waals surface area contributed by atoms with Crippen LogP contribution in [0.2, 0.25) is 0 Å². The molecule has 48 valence electrons. The number of rotatable bonds is 3. The summed E-state index contributed by atoms with van der Waals surface area (Å²) in [5.74, 6) is 0. The van der Waals surface area contributed by atoms with Gasteiger partial charge in [-0.1, -0.05) is 13.3 Å². The van der Waals surface area contributed by atoms with Crippen LogP contribution in [0, 0.1) is 7.11 Å². The molecule has 8 heavy (non-hydrogen) atoms. The third-order valence-corrected chi connectivity index (χ3v) is 1.24. The maximum atomic E-state index is 4.93. The van der Waals surface area contributed by atoms with Crippen molar-refractivity contribution in [2.24, 2.45) is 0 Å². The summed E-state index contributed by atoms with van der Waals surface area (Å²) in [5.41, 5.74) is -0.0191. The van der Waals surface area contributed by atoms with E-state index in [1.54, 1.807) is 0 Å². The molecular weight excluding hydrogens is 100 g/mol. The van der Waals surface area contributed by atoms with E-state index in [4.69, 9.17) is 4.74 Å².